The molecule has 0 aliphatic heterocycles. The molecule has 0 saturated carbocycles. The molecule has 2 heterocycles. The summed E-state index contributed by atoms with van der Waals surface area (Å²) in [5.41, 5.74) is 11.8. The van der Waals surface area contributed by atoms with E-state index in [1.807, 2.05) is 0 Å². The maximum atomic E-state index is 12.5. The van der Waals surface area contributed by atoms with Crippen molar-refractivity contribution in [2.45, 2.75) is 25.4 Å². The molecule has 3 aromatic rings. The van der Waals surface area contributed by atoms with E-state index in [0.29, 0.717) is 11.4 Å². The second-order valence-corrected chi connectivity index (χ2v) is 7.63. The quantitative estimate of drug-likeness (QED) is 0.183. The van der Waals surface area contributed by atoms with Crippen LogP contribution in [-0.4, -0.2) is 60.6 Å². The summed E-state index contributed by atoms with van der Waals surface area (Å²) >= 11 is 0. The summed E-state index contributed by atoms with van der Waals surface area (Å²) in [6.45, 7) is 0.301. The van der Waals surface area contributed by atoms with E-state index >= 15 is 0 Å². The third kappa shape index (κ3) is 6.48. The van der Waals surface area contributed by atoms with E-state index in [1.165, 1.54) is 18.3 Å². The van der Waals surface area contributed by atoms with E-state index in [2.05, 4.69) is 30.6 Å². The van der Waals surface area contributed by atoms with E-state index in [4.69, 9.17) is 11.5 Å². The van der Waals surface area contributed by atoms with Gasteiger partial charge in [0.1, 0.15) is 6.04 Å². The fourth-order valence-electron chi connectivity index (χ4n) is 3.28. The van der Waals surface area contributed by atoms with E-state index in [1.54, 1.807) is 12.1 Å². The van der Waals surface area contributed by atoms with Crippen LogP contribution in [0.25, 0.3) is 11.2 Å². The van der Waals surface area contributed by atoms with Gasteiger partial charge in [-0.1, -0.05) is 0 Å². The number of benzene rings is 1. The molecule has 0 bridgehead atoms. The van der Waals surface area contributed by atoms with Crippen LogP contribution in [0.15, 0.2) is 35.3 Å². The van der Waals surface area contributed by atoms with Crippen molar-refractivity contribution < 1.29 is 24.6 Å². The van der Waals surface area contributed by atoms with Crippen molar-refractivity contribution in [1.29, 1.82) is 0 Å². The minimum absolute atomic E-state index is 0.0510. The standard InChI is InChI=1S/C21H24N8O6/c22-6-5-11(19(32)33)7-14(20(34)35)27-17(30)10-1-3-12(4-2-10)24-8-13-9-25-16-15(26-13)18(31)29-21(23)28-16/h1-4,9,11,14,24H,5-8,22H2,(H,27,30)(H,32,33)(H,34,35)(H3,23,25,28,29,31). The molecule has 2 aromatic heterocycles. The molecule has 35 heavy (non-hydrogen) atoms. The number of carbonyl (C=O) groups excluding carboxylic acids is 1. The second kappa shape index (κ2) is 11.0. The molecule has 1 aromatic carbocycles. The van der Waals surface area contributed by atoms with Crippen LogP contribution in [0.4, 0.5) is 11.6 Å². The van der Waals surface area contributed by atoms with Crippen LogP contribution < -0.4 is 27.7 Å². The summed E-state index contributed by atoms with van der Waals surface area (Å²) in [5.74, 6) is -4.22. The molecule has 2 unspecified atom stereocenters. The Morgan fingerprint density at radius 2 is 1.80 bits per heavy atom. The highest BCUT2D eigenvalue weighted by Crippen LogP contribution is 2.14. The van der Waals surface area contributed by atoms with Crippen molar-refractivity contribution in [1.82, 2.24) is 25.3 Å². The number of hydrogen-bond donors (Lipinski definition) is 7. The van der Waals surface area contributed by atoms with Crippen LogP contribution in [0.1, 0.15) is 28.9 Å². The van der Waals surface area contributed by atoms with Crippen molar-refractivity contribution >= 4 is 40.6 Å². The van der Waals surface area contributed by atoms with Gasteiger partial charge in [-0.3, -0.25) is 19.4 Å². The molecule has 0 spiro atoms. The average molecular weight is 484 g/mol. The van der Waals surface area contributed by atoms with Gasteiger partial charge in [0.05, 0.1) is 24.4 Å². The molecule has 0 aliphatic rings. The van der Waals surface area contributed by atoms with Gasteiger partial charge in [-0.25, -0.2) is 14.8 Å². The highest BCUT2D eigenvalue weighted by Gasteiger charge is 2.28. The maximum absolute atomic E-state index is 12.5. The van der Waals surface area contributed by atoms with Crippen LogP contribution in [0, 0.1) is 5.92 Å². The lowest BCUT2D eigenvalue weighted by Crippen LogP contribution is -2.43. The number of hydrogen-bond acceptors (Lipinski definition) is 10. The SMILES string of the molecule is NCCC(CC(NC(=O)c1ccc(NCc2cnc3nc(N)[nH]c(=O)c3n2)cc1)C(=O)O)C(=O)O. The molecule has 0 radical (unpaired) electrons. The molecule has 0 saturated heterocycles. The number of fused-ring (bicyclic) bond motifs is 1. The van der Waals surface area contributed by atoms with E-state index in [-0.39, 0.29) is 48.6 Å². The molecular weight excluding hydrogens is 460 g/mol. The van der Waals surface area contributed by atoms with E-state index in [9.17, 15) is 29.4 Å². The molecule has 14 heteroatoms. The Bertz CT molecular complexity index is 1290. The molecule has 3 rings (SSSR count). The van der Waals surface area contributed by atoms with E-state index < -0.39 is 35.4 Å². The first-order valence-corrected chi connectivity index (χ1v) is 10.5. The van der Waals surface area contributed by atoms with Gasteiger partial charge >= 0.3 is 11.9 Å². The van der Waals surface area contributed by atoms with Crippen molar-refractivity contribution in [2.75, 3.05) is 17.6 Å². The summed E-state index contributed by atoms with van der Waals surface area (Å²) in [6, 6.07) is 4.78. The zero-order chi connectivity index (χ0) is 25.5. The zero-order valence-electron chi connectivity index (χ0n) is 18.4. The number of nitrogens with zero attached hydrogens (tertiary/aromatic N) is 3. The van der Waals surface area contributed by atoms with Crippen LogP contribution in [-0.2, 0) is 16.1 Å². The second-order valence-electron chi connectivity index (χ2n) is 7.63. The number of nitrogen functional groups attached to an aromatic ring is 1. The lowest BCUT2D eigenvalue weighted by Gasteiger charge is -2.19. The van der Waals surface area contributed by atoms with Crippen molar-refractivity contribution in [3.63, 3.8) is 0 Å². The smallest absolute Gasteiger partial charge is 0.326 e. The van der Waals surface area contributed by atoms with Gasteiger partial charge in [0.15, 0.2) is 11.2 Å². The van der Waals surface area contributed by atoms with E-state index in [0.717, 1.165) is 0 Å². The molecular formula is C21H24N8O6. The molecule has 9 N–H and O–H groups in total. The van der Waals surface area contributed by atoms with Crippen molar-refractivity contribution in [3.8, 4) is 0 Å². The number of aromatic nitrogens is 4. The van der Waals surface area contributed by atoms with Gasteiger partial charge in [0.2, 0.25) is 5.95 Å². The molecule has 1 amide bonds. The first-order chi connectivity index (χ1) is 16.7. The summed E-state index contributed by atoms with van der Waals surface area (Å²) < 4.78 is 0. The predicted octanol–water partition coefficient (Wildman–Crippen LogP) is -0.470. The minimum atomic E-state index is -1.38. The Balaban J connectivity index is 1.63. The number of anilines is 2. The number of aliphatic carboxylic acids is 2. The molecule has 14 nitrogen and oxygen atoms in total. The molecule has 184 valence electrons. The van der Waals surface area contributed by atoms with Gasteiger partial charge in [0.25, 0.3) is 11.5 Å². The minimum Gasteiger partial charge on any atom is -0.481 e. The summed E-state index contributed by atoms with van der Waals surface area (Å²) in [6.07, 6.45) is 1.25. The Hall–Kier alpha value is -4.59. The third-order valence-corrected chi connectivity index (χ3v) is 5.09. The molecule has 0 aliphatic carbocycles. The number of amides is 1. The highest BCUT2D eigenvalue weighted by atomic mass is 16.4. The van der Waals surface area contributed by atoms with Crippen LogP contribution in [0.3, 0.4) is 0 Å². The van der Waals surface area contributed by atoms with Crippen LogP contribution in [0.5, 0.6) is 0 Å². The van der Waals surface area contributed by atoms with Crippen LogP contribution in [0.2, 0.25) is 0 Å². The number of nitrogens with two attached hydrogens (primary N) is 2. The normalized spacial score (nSPS) is 12.6. The summed E-state index contributed by atoms with van der Waals surface area (Å²) in [7, 11) is 0. The number of carboxylic acids is 2. The van der Waals surface area contributed by atoms with Gasteiger partial charge in [-0.15, -0.1) is 0 Å². The lowest BCUT2D eigenvalue weighted by atomic mass is 9.96. The topological polar surface area (TPSA) is 239 Å². The number of nitrogens with one attached hydrogen (secondary N) is 3. The van der Waals surface area contributed by atoms with Gasteiger partial charge in [0, 0.05) is 11.3 Å². The number of rotatable bonds is 11. The fraction of sp³-hybridized carbons (Fsp3) is 0.286. The third-order valence-electron chi connectivity index (χ3n) is 5.09. The van der Waals surface area contributed by atoms with Crippen molar-refractivity contribution in [3.05, 3.63) is 52.1 Å². The molecule has 0 fully saturated rings. The number of aromatic amines is 1. The lowest BCUT2D eigenvalue weighted by molar-refractivity contribution is -0.144. The number of H-pyrrole nitrogens is 1. The summed E-state index contributed by atoms with van der Waals surface area (Å²) in [4.78, 5) is 61.9. The maximum Gasteiger partial charge on any atom is 0.326 e. The fourth-order valence-corrected chi connectivity index (χ4v) is 3.28. The Morgan fingerprint density at radius 1 is 1.09 bits per heavy atom. The van der Waals surface area contributed by atoms with Gasteiger partial charge in [-0.05, 0) is 43.7 Å². The van der Waals surface area contributed by atoms with Gasteiger partial charge in [-0.2, -0.15) is 4.98 Å². The predicted molar refractivity (Wildman–Crippen MR) is 124 cm³/mol. The Labute approximate surface area is 197 Å². The highest BCUT2D eigenvalue weighted by molar-refractivity contribution is 5.97. The first kappa shape index (κ1) is 25.0. The Kier molecular flexibility index (Phi) is 7.88. The average Bonchev–Trinajstić information content (AvgIpc) is 2.82. The largest absolute Gasteiger partial charge is 0.481 e. The number of carboxylic acid groups (broad SMARTS) is 2. The summed E-state index contributed by atoms with van der Waals surface area (Å²) in [5, 5.41) is 24.0. The Morgan fingerprint density at radius 3 is 2.43 bits per heavy atom. The van der Waals surface area contributed by atoms with Crippen molar-refractivity contribution in [2.24, 2.45) is 11.7 Å². The first-order valence-electron chi connectivity index (χ1n) is 10.5. The van der Waals surface area contributed by atoms with Crippen LogP contribution >= 0.6 is 0 Å². The number of carbonyl (C=O) groups is 3. The monoisotopic (exact) mass is 484 g/mol. The molecule has 2 atom stereocenters. The van der Waals surface area contributed by atoms with Gasteiger partial charge < -0.3 is 32.3 Å². The zero-order valence-corrected chi connectivity index (χ0v) is 18.4.